The van der Waals surface area contributed by atoms with Crippen LogP contribution in [0.25, 0.3) is 22.2 Å². The average molecular weight is 356 g/mol. The van der Waals surface area contributed by atoms with Gasteiger partial charge in [-0.1, -0.05) is 61.9 Å². The molecule has 0 N–H and O–H groups in total. The molecule has 4 nitrogen and oxygen atoms in total. The molecule has 2 aromatic heterocycles. The lowest BCUT2D eigenvalue weighted by atomic mass is 9.99. The van der Waals surface area contributed by atoms with Gasteiger partial charge in [-0.25, -0.2) is 4.98 Å². The SMILES string of the molecule is CCCCc1nc2cnncc2n1Cc1ccc(-c2ccccc2C)cc1. The molecule has 4 aromatic rings. The van der Waals surface area contributed by atoms with Gasteiger partial charge in [0.2, 0.25) is 0 Å². The fourth-order valence-electron chi connectivity index (χ4n) is 3.51. The van der Waals surface area contributed by atoms with Crippen LogP contribution in [0.5, 0.6) is 0 Å². The van der Waals surface area contributed by atoms with Gasteiger partial charge in [0.15, 0.2) is 0 Å². The van der Waals surface area contributed by atoms with Crippen LogP contribution in [0.3, 0.4) is 0 Å². The predicted octanol–water partition coefficient (Wildman–Crippen LogP) is 5.19. The molecule has 0 unspecified atom stereocenters. The normalized spacial score (nSPS) is 11.2. The van der Waals surface area contributed by atoms with Gasteiger partial charge in [0, 0.05) is 13.0 Å². The molecule has 0 amide bonds. The summed E-state index contributed by atoms with van der Waals surface area (Å²) in [7, 11) is 0. The molecule has 2 heterocycles. The molecule has 0 spiro atoms. The van der Waals surface area contributed by atoms with Crippen molar-refractivity contribution >= 4 is 11.0 Å². The van der Waals surface area contributed by atoms with Crippen molar-refractivity contribution in [2.45, 2.75) is 39.7 Å². The molecule has 27 heavy (non-hydrogen) atoms. The topological polar surface area (TPSA) is 43.6 Å². The number of nitrogens with zero attached hydrogens (tertiary/aromatic N) is 4. The highest BCUT2D eigenvalue weighted by atomic mass is 15.1. The Morgan fingerprint density at radius 1 is 0.926 bits per heavy atom. The lowest BCUT2D eigenvalue weighted by Gasteiger charge is -2.11. The Hall–Kier alpha value is -3.01. The number of imidazole rings is 1. The van der Waals surface area contributed by atoms with Crippen molar-refractivity contribution in [2.75, 3.05) is 0 Å². The van der Waals surface area contributed by atoms with Gasteiger partial charge in [-0.3, -0.25) is 0 Å². The third kappa shape index (κ3) is 3.61. The lowest BCUT2D eigenvalue weighted by molar-refractivity contribution is 0.689. The molecule has 0 saturated heterocycles. The molecule has 136 valence electrons. The van der Waals surface area contributed by atoms with Gasteiger partial charge >= 0.3 is 0 Å². The summed E-state index contributed by atoms with van der Waals surface area (Å²) in [6, 6.07) is 17.4. The first-order valence-electron chi connectivity index (χ1n) is 9.57. The van der Waals surface area contributed by atoms with Gasteiger partial charge in [0.05, 0.1) is 17.9 Å². The van der Waals surface area contributed by atoms with E-state index in [1.54, 1.807) is 6.20 Å². The molecule has 0 fully saturated rings. The van der Waals surface area contributed by atoms with Gasteiger partial charge in [-0.15, -0.1) is 0 Å². The van der Waals surface area contributed by atoms with Crippen LogP contribution in [0, 0.1) is 6.92 Å². The Labute approximate surface area is 159 Å². The van der Waals surface area contributed by atoms with Crippen LogP contribution in [0.1, 0.15) is 36.7 Å². The molecule has 4 rings (SSSR count). The fraction of sp³-hybridized carbons (Fsp3) is 0.261. The van der Waals surface area contributed by atoms with Gasteiger partial charge in [-0.2, -0.15) is 10.2 Å². The highest BCUT2D eigenvalue weighted by Gasteiger charge is 2.11. The summed E-state index contributed by atoms with van der Waals surface area (Å²) in [5, 5.41) is 8.04. The van der Waals surface area contributed by atoms with Gasteiger partial charge < -0.3 is 4.57 Å². The molecule has 0 saturated carbocycles. The van der Waals surface area contributed by atoms with Crippen LogP contribution in [0.15, 0.2) is 60.9 Å². The van der Waals surface area contributed by atoms with E-state index in [1.807, 2.05) is 6.20 Å². The van der Waals surface area contributed by atoms with Crippen LogP contribution in [-0.2, 0) is 13.0 Å². The van der Waals surface area contributed by atoms with Crippen molar-refractivity contribution in [2.24, 2.45) is 0 Å². The Balaban J connectivity index is 1.65. The van der Waals surface area contributed by atoms with E-state index < -0.39 is 0 Å². The minimum atomic E-state index is 0.801. The zero-order valence-electron chi connectivity index (χ0n) is 15.9. The quantitative estimate of drug-likeness (QED) is 0.477. The number of unbranched alkanes of at least 4 members (excludes halogenated alkanes) is 1. The predicted molar refractivity (Wildman–Crippen MR) is 110 cm³/mol. The van der Waals surface area contributed by atoms with Crippen molar-refractivity contribution in [3.63, 3.8) is 0 Å². The average Bonchev–Trinajstić information content (AvgIpc) is 3.05. The number of hydrogen-bond donors (Lipinski definition) is 0. The van der Waals surface area contributed by atoms with Crippen LogP contribution < -0.4 is 0 Å². The van der Waals surface area contributed by atoms with Crippen molar-refractivity contribution in [3.05, 3.63) is 77.9 Å². The molecule has 0 radical (unpaired) electrons. The second kappa shape index (κ2) is 7.70. The minimum Gasteiger partial charge on any atom is -0.322 e. The molecule has 2 aromatic carbocycles. The zero-order valence-corrected chi connectivity index (χ0v) is 15.9. The van der Waals surface area contributed by atoms with Crippen molar-refractivity contribution in [3.8, 4) is 11.1 Å². The maximum Gasteiger partial charge on any atom is 0.111 e. The first-order valence-corrected chi connectivity index (χ1v) is 9.57. The molecule has 0 bridgehead atoms. The Kier molecular flexibility index (Phi) is 4.97. The highest BCUT2D eigenvalue weighted by Crippen LogP contribution is 2.24. The lowest BCUT2D eigenvalue weighted by Crippen LogP contribution is -2.05. The smallest absolute Gasteiger partial charge is 0.111 e. The fourth-order valence-corrected chi connectivity index (χ4v) is 3.51. The molecule has 0 aliphatic carbocycles. The van der Waals surface area contributed by atoms with Gasteiger partial charge in [0.25, 0.3) is 0 Å². The number of rotatable bonds is 6. The summed E-state index contributed by atoms with van der Waals surface area (Å²) in [4.78, 5) is 4.78. The third-order valence-corrected chi connectivity index (χ3v) is 5.05. The van der Waals surface area contributed by atoms with Gasteiger partial charge in [-0.05, 0) is 35.6 Å². The minimum absolute atomic E-state index is 0.801. The molecule has 4 heteroatoms. The van der Waals surface area contributed by atoms with E-state index >= 15 is 0 Å². The van der Waals surface area contributed by atoms with E-state index in [4.69, 9.17) is 4.98 Å². The van der Waals surface area contributed by atoms with E-state index in [0.717, 1.165) is 42.7 Å². The summed E-state index contributed by atoms with van der Waals surface area (Å²) in [5.41, 5.74) is 7.08. The van der Waals surface area contributed by atoms with E-state index in [0.29, 0.717) is 0 Å². The molecular weight excluding hydrogens is 332 g/mol. The Bertz CT molecular complexity index is 1050. The standard InChI is InChI=1S/C23H24N4/c1-3-4-9-23-26-21-14-24-25-15-22(21)27(23)16-18-10-12-19(13-11-18)20-8-6-5-7-17(20)2/h5-8,10-15H,3-4,9,16H2,1-2H3. The number of fused-ring (bicyclic) bond motifs is 1. The summed E-state index contributed by atoms with van der Waals surface area (Å²) >= 11 is 0. The number of aromatic nitrogens is 4. The first kappa shape index (κ1) is 17.4. The summed E-state index contributed by atoms with van der Waals surface area (Å²) in [5.74, 6) is 1.12. The maximum absolute atomic E-state index is 4.78. The van der Waals surface area contributed by atoms with Crippen molar-refractivity contribution < 1.29 is 0 Å². The van der Waals surface area contributed by atoms with Crippen LogP contribution in [0.2, 0.25) is 0 Å². The highest BCUT2D eigenvalue weighted by molar-refractivity contribution is 5.74. The molecule has 0 aliphatic heterocycles. The number of benzene rings is 2. The van der Waals surface area contributed by atoms with E-state index in [9.17, 15) is 0 Å². The number of hydrogen-bond acceptors (Lipinski definition) is 3. The van der Waals surface area contributed by atoms with E-state index in [1.165, 1.54) is 22.3 Å². The monoisotopic (exact) mass is 356 g/mol. The molecule has 0 atom stereocenters. The van der Waals surface area contributed by atoms with Crippen LogP contribution >= 0.6 is 0 Å². The van der Waals surface area contributed by atoms with Crippen molar-refractivity contribution in [1.82, 2.24) is 19.7 Å². The van der Waals surface area contributed by atoms with Gasteiger partial charge in [0.1, 0.15) is 11.3 Å². The molecule has 0 aliphatic rings. The van der Waals surface area contributed by atoms with Crippen molar-refractivity contribution in [1.29, 1.82) is 0 Å². The summed E-state index contributed by atoms with van der Waals surface area (Å²) < 4.78 is 2.28. The maximum atomic E-state index is 4.78. The van der Waals surface area contributed by atoms with E-state index in [-0.39, 0.29) is 0 Å². The van der Waals surface area contributed by atoms with Crippen LogP contribution in [0.4, 0.5) is 0 Å². The second-order valence-corrected chi connectivity index (χ2v) is 6.99. The Morgan fingerprint density at radius 3 is 2.48 bits per heavy atom. The summed E-state index contributed by atoms with van der Waals surface area (Å²) in [6.07, 6.45) is 6.84. The van der Waals surface area contributed by atoms with E-state index in [2.05, 4.69) is 77.1 Å². The third-order valence-electron chi connectivity index (χ3n) is 5.05. The Morgan fingerprint density at radius 2 is 1.70 bits per heavy atom. The van der Waals surface area contributed by atoms with Crippen LogP contribution in [-0.4, -0.2) is 19.7 Å². The zero-order chi connectivity index (χ0) is 18.6. The second-order valence-electron chi connectivity index (χ2n) is 6.99. The largest absolute Gasteiger partial charge is 0.322 e. The number of aryl methyl sites for hydroxylation is 2. The summed E-state index contributed by atoms with van der Waals surface area (Å²) in [6.45, 7) is 5.16. The molecular formula is C23H24N4. The first-order chi connectivity index (χ1) is 13.3.